The van der Waals surface area contributed by atoms with Crippen molar-refractivity contribution >= 4 is 46.6 Å². The number of aliphatic hydroxyl groups is 1. The Kier molecular flexibility index (Phi) is 7.98. The highest BCUT2D eigenvalue weighted by Gasteiger charge is 2.57. The molecule has 5 nitrogen and oxygen atoms in total. The summed E-state index contributed by atoms with van der Waals surface area (Å²) in [6, 6.07) is 6.48. The van der Waals surface area contributed by atoms with Crippen LogP contribution < -0.4 is 5.32 Å². The van der Waals surface area contributed by atoms with Crippen LogP contribution in [0.1, 0.15) is 78.7 Å². The number of fused-ring (bicyclic) bond motifs is 2. The van der Waals surface area contributed by atoms with Gasteiger partial charge in [0.15, 0.2) is 0 Å². The third kappa shape index (κ3) is 5.27. The number of hydrogen-bond acceptors (Lipinski definition) is 3. The number of nitrogens with one attached hydrogen (secondary N) is 1. The first kappa shape index (κ1) is 29.0. The molecule has 2 N–H and O–H groups in total. The van der Waals surface area contributed by atoms with E-state index in [1.54, 1.807) is 17.0 Å². The third-order valence-electron chi connectivity index (χ3n) is 9.47. The predicted molar refractivity (Wildman–Crippen MR) is 150 cm³/mol. The summed E-state index contributed by atoms with van der Waals surface area (Å²) < 4.78 is -1.61. The highest BCUT2D eigenvalue weighted by Crippen LogP contribution is 2.58. The van der Waals surface area contributed by atoms with E-state index >= 15 is 0 Å². The van der Waals surface area contributed by atoms with Gasteiger partial charge in [-0.25, -0.2) is 0 Å². The molecule has 2 aliphatic carbocycles. The number of amides is 2. The Labute approximate surface area is 236 Å². The van der Waals surface area contributed by atoms with E-state index in [2.05, 4.69) is 5.32 Å². The second-order valence-corrected chi connectivity index (χ2v) is 14.8. The first-order valence-electron chi connectivity index (χ1n) is 13.6. The average Bonchev–Trinajstić information content (AvgIpc) is 3.16. The van der Waals surface area contributed by atoms with Gasteiger partial charge >= 0.3 is 0 Å². The molecule has 0 radical (unpaired) electrons. The minimum Gasteiger partial charge on any atom is -0.384 e. The summed E-state index contributed by atoms with van der Waals surface area (Å²) in [6.45, 7) is 10.5. The van der Waals surface area contributed by atoms with E-state index in [1.165, 1.54) is 19.3 Å². The third-order valence-corrected chi connectivity index (χ3v) is 11.0. The summed E-state index contributed by atoms with van der Waals surface area (Å²) in [5, 5.41) is 15.2. The number of benzene rings is 1. The van der Waals surface area contributed by atoms with Crippen LogP contribution in [-0.4, -0.2) is 45.3 Å². The van der Waals surface area contributed by atoms with Crippen LogP contribution >= 0.6 is 34.8 Å². The van der Waals surface area contributed by atoms with Crippen molar-refractivity contribution in [3.05, 3.63) is 34.9 Å². The second-order valence-electron chi connectivity index (χ2n) is 13.0. The normalized spacial score (nSPS) is 32.3. The number of piperidine rings is 1. The van der Waals surface area contributed by atoms with Gasteiger partial charge in [-0.2, -0.15) is 0 Å². The fraction of sp³-hybridized carbons (Fsp3) is 0.724. The van der Waals surface area contributed by atoms with Crippen LogP contribution in [0.15, 0.2) is 24.3 Å². The molecule has 3 aliphatic rings. The van der Waals surface area contributed by atoms with Gasteiger partial charge in [0, 0.05) is 28.9 Å². The van der Waals surface area contributed by atoms with Gasteiger partial charge in [-0.05, 0) is 61.1 Å². The van der Waals surface area contributed by atoms with Gasteiger partial charge in [0.2, 0.25) is 10.2 Å². The molecule has 0 spiro atoms. The van der Waals surface area contributed by atoms with Crippen molar-refractivity contribution < 1.29 is 14.7 Å². The smallest absolute Gasteiger partial charge is 0.257 e. The Balaban J connectivity index is 1.48. The van der Waals surface area contributed by atoms with Crippen LogP contribution in [-0.2, 0) is 15.2 Å². The van der Waals surface area contributed by atoms with Gasteiger partial charge in [-0.1, -0.05) is 94.4 Å². The number of carbonyl (C=O) groups excluding carboxylic acids is 2. The van der Waals surface area contributed by atoms with Crippen LogP contribution in [0.2, 0.25) is 5.02 Å². The Morgan fingerprint density at radius 2 is 1.65 bits per heavy atom. The average molecular weight is 572 g/mol. The topological polar surface area (TPSA) is 69.6 Å². The van der Waals surface area contributed by atoms with Crippen molar-refractivity contribution in [1.29, 1.82) is 0 Å². The maximum atomic E-state index is 13.8. The molecule has 37 heavy (non-hydrogen) atoms. The Morgan fingerprint density at radius 3 is 2.16 bits per heavy atom. The van der Waals surface area contributed by atoms with Crippen molar-refractivity contribution in [2.45, 2.75) is 89.1 Å². The Hall–Kier alpha value is -1.01. The second kappa shape index (κ2) is 10.2. The lowest BCUT2D eigenvalue weighted by Gasteiger charge is -2.51. The molecule has 0 aromatic heterocycles. The van der Waals surface area contributed by atoms with Gasteiger partial charge < -0.3 is 15.3 Å². The SMILES string of the molecule is CC(C)[C@@H](NC(=O)C(Cl)(Cl)C1(C)CC2CCC(C2)C1)C(=O)N1CC[C@](O)(c2ccc(Cl)cc2)C(C)(C)C1. The molecule has 2 saturated carbocycles. The Morgan fingerprint density at radius 1 is 1.08 bits per heavy atom. The lowest BCUT2D eigenvalue weighted by atomic mass is 9.66. The van der Waals surface area contributed by atoms with Crippen molar-refractivity contribution in [3.63, 3.8) is 0 Å². The molecule has 4 rings (SSSR count). The first-order valence-corrected chi connectivity index (χ1v) is 14.7. The van der Waals surface area contributed by atoms with Gasteiger partial charge in [-0.15, -0.1) is 0 Å². The zero-order chi connectivity index (χ0) is 27.4. The van der Waals surface area contributed by atoms with E-state index in [1.807, 2.05) is 46.8 Å². The summed E-state index contributed by atoms with van der Waals surface area (Å²) in [5.41, 5.74) is -1.48. The van der Waals surface area contributed by atoms with Crippen molar-refractivity contribution in [2.24, 2.45) is 28.6 Å². The van der Waals surface area contributed by atoms with E-state index < -0.39 is 32.7 Å². The van der Waals surface area contributed by atoms with Crippen molar-refractivity contribution in [1.82, 2.24) is 10.2 Å². The van der Waals surface area contributed by atoms with Crippen LogP contribution in [0.4, 0.5) is 0 Å². The Bertz CT molecular complexity index is 1010. The van der Waals surface area contributed by atoms with Gasteiger partial charge in [0.05, 0.1) is 5.60 Å². The lowest BCUT2D eigenvalue weighted by Crippen LogP contribution is -2.62. The molecule has 2 bridgehead atoms. The largest absolute Gasteiger partial charge is 0.384 e. The van der Waals surface area contributed by atoms with E-state index in [9.17, 15) is 14.7 Å². The fourth-order valence-electron chi connectivity index (χ4n) is 7.15. The number of alkyl halides is 2. The van der Waals surface area contributed by atoms with Crippen LogP contribution in [0.3, 0.4) is 0 Å². The molecule has 1 heterocycles. The molecule has 206 valence electrons. The summed E-state index contributed by atoms with van der Waals surface area (Å²) in [7, 11) is 0. The first-order chi connectivity index (χ1) is 17.1. The zero-order valence-electron chi connectivity index (χ0n) is 22.6. The quantitative estimate of drug-likeness (QED) is 0.393. The minimum absolute atomic E-state index is 0.156. The molecule has 4 atom stereocenters. The van der Waals surface area contributed by atoms with Crippen molar-refractivity contribution in [2.75, 3.05) is 13.1 Å². The highest BCUT2D eigenvalue weighted by atomic mass is 35.5. The summed E-state index contributed by atoms with van der Waals surface area (Å²) in [4.78, 5) is 29.1. The summed E-state index contributed by atoms with van der Waals surface area (Å²) in [6.07, 6.45) is 5.57. The van der Waals surface area contributed by atoms with Crippen LogP contribution in [0, 0.1) is 28.6 Å². The lowest BCUT2D eigenvalue weighted by molar-refractivity contribution is -0.157. The molecule has 2 amide bonds. The maximum Gasteiger partial charge on any atom is 0.257 e. The van der Waals surface area contributed by atoms with Gasteiger partial charge in [0.25, 0.3) is 5.91 Å². The van der Waals surface area contributed by atoms with E-state index in [-0.39, 0.29) is 11.8 Å². The van der Waals surface area contributed by atoms with Gasteiger partial charge in [0.1, 0.15) is 6.04 Å². The number of nitrogens with zero attached hydrogens (tertiary/aromatic N) is 1. The molecule has 1 aliphatic heterocycles. The minimum atomic E-state index is -1.61. The number of carbonyl (C=O) groups is 2. The summed E-state index contributed by atoms with van der Waals surface area (Å²) >= 11 is 19.8. The number of likely N-dealkylation sites (tertiary alicyclic amines) is 1. The van der Waals surface area contributed by atoms with Crippen molar-refractivity contribution in [3.8, 4) is 0 Å². The highest BCUT2D eigenvalue weighted by molar-refractivity contribution is 6.58. The van der Waals surface area contributed by atoms with E-state index in [0.29, 0.717) is 36.4 Å². The fourth-order valence-corrected chi connectivity index (χ4v) is 7.69. The summed E-state index contributed by atoms with van der Waals surface area (Å²) in [5.74, 6) is 0.307. The molecular weight excluding hydrogens is 531 g/mol. The van der Waals surface area contributed by atoms with Crippen LogP contribution in [0.25, 0.3) is 0 Å². The van der Waals surface area contributed by atoms with E-state index in [4.69, 9.17) is 34.8 Å². The van der Waals surface area contributed by atoms with Gasteiger partial charge in [-0.3, -0.25) is 9.59 Å². The molecule has 3 fully saturated rings. The van der Waals surface area contributed by atoms with E-state index in [0.717, 1.165) is 18.4 Å². The molecule has 1 aromatic rings. The molecule has 1 saturated heterocycles. The number of hydrogen-bond donors (Lipinski definition) is 2. The molecule has 2 unspecified atom stereocenters. The van der Waals surface area contributed by atoms with Crippen LogP contribution in [0.5, 0.6) is 0 Å². The molecule has 8 heteroatoms. The maximum absolute atomic E-state index is 13.8. The predicted octanol–water partition coefficient (Wildman–Crippen LogP) is 6.32. The number of halogens is 3. The monoisotopic (exact) mass is 570 g/mol. The zero-order valence-corrected chi connectivity index (χ0v) is 24.9. The standard InChI is InChI=1S/C29H41Cl3N2O3/c1-18(2)23(33-25(36)29(31,32)27(5)15-19-6-7-20(14-19)16-27)24(35)34-13-12-28(37,26(3,4)17-34)21-8-10-22(30)11-9-21/h8-11,18-20,23,37H,6-7,12-17H2,1-5H3,(H,33,36)/t19?,20?,23-,27?,28+/m1/s1. The molecular formula is C29H41Cl3N2O3. The number of rotatable bonds is 6. The molecule has 1 aromatic carbocycles.